The molecule has 418 valence electrons. The van der Waals surface area contributed by atoms with E-state index in [0.29, 0.717) is 32.1 Å². The second-order valence-corrected chi connectivity index (χ2v) is 18.1. The zero-order valence-corrected chi connectivity index (χ0v) is 45.7. The Hall–Kier alpha value is -5.40. The number of aliphatic carboxylic acids is 1. The standard InChI is InChI=1S/C63H94O12/c1-4-7-10-13-16-19-22-25-26-27-28-29-30-33-34-37-40-43-46-49-55(64)71-52-54(73-56(65)50-47-44-41-38-35-31-23-20-17-14-11-8-5-2)53-72-63-61(59(68)58(67)60(75-63)62(69)70)74-57(66)51-48-45-42-39-36-32-24-21-18-15-12-9-6-3/h7,9-12,14,16,18-21,23,25-26,28-29,32-34,36,40,42-43,45,54,58-61,63,67-68H,4-6,8,13,15,17,22,24,27,30-31,35,37-39,41,44,46-53H2,1-3H3,(H,69,70)/b10-7-,12-9-,14-11-,19-16-,21-18-,23-20-,26-25-,29-28-,34-33-,36-32-,43-40-,45-42-. The lowest BCUT2D eigenvalue weighted by molar-refractivity contribution is -0.301. The molecule has 1 aliphatic heterocycles. The highest BCUT2D eigenvalue weighted by Gasteiger charge is 2.50. The maximum Gasteiger partial charge on any atom is 0.335 e. The number of hydrogen-bond donors (Lipinski definition) is 3. The molecule has 1 heterocycles. The number of carbonyl (C=O) groups is 4. The lowest BCUT2D eigenvalue weighted by atomic mass is 9.98. The van der Waals surface area contributed by atoms with Crippen molar-refractivity contribution in [3.8, 4) is 0 Å². The van der Waals surface area contributed by atoms with Crippen LogP contribution in [-0.4, -0.2) is 89.2 Å². The molecular weight excluding hydrogens is 949 g/mol. The first-order valence-electron chi connectivity index (χ1n) is 27.8. The third-order valence-corrected chi connectivity index (χ3v) is 11.4. The van der Waals surface area contributed by atoms with Crippen LogP contribution in [0.3, 0.4) is 0 Å². The van der Waals surface area contributed by atoms with E-state index in [4.69, 9.17) is 23.7 Å². The average Bonchev–Trinajstić information content (AvgIpc) is 3.39. The molecule has 0 bridgehead atoms. The first-order chi connectivity index (χ1) is 36.6. The Balaban J connectivity index is 2.81. The molecule has 0 spiro atoms. The monoisotopic (exact) mass is 1040 g/mol. The molecular formula is C63H94O12. The number of aliphatic hydroxyl groups is 2. The summed E-state index contributed by atoms with van der Waals surface area (Å²) in [6, 6.07) is 0. The van der Waals surface area contributed by atoms with Crippen molar-refractivity contribution >= 4 is 23.9 Å². The number of hydrogen-bond acceptors (Lipinski definition) is 11. The molecule has 1 aliphatic rings. The van der Waals surface area contributed by atoms with Gasteiger partial charge in [0, 0.05) is 19.3 Å². The van der Waals surface area contributed by atoms with E-state index in [1.165, 1.54) is 0 Å². The molecule has 0 aromatic rings. The summed E-state index contributed by atoms with van der Waals surface area (Å²) < 4.78 is 28.1. The summed E-state index contributed by atoms with van der Waals surface area (Å²) in [5.74, 6) is -3.39. The number of carboxylic acids is 1. The molecule has 12 nitrogen and oxygen atoms in total. The highest BCUT2D eigenvalue weighted by Crippen LogP contribution is 2.26. The van der Waals surface area contributed by atoms with E-state index in [1.807, 2.05) is 30.4 Å². The van der Waals surface area contributed by atoms with Gasteiger partial charge in [0.05, 0.1) is 6.61 Å². The first-order valence-corrected chi connectivity index (χ1v) is 27.8. The summed E-state index contributed by atoms with van der Waals surface area (Å²) in [6.45, 7) is 5.54. The molecule has 0 saturated carbocycles. The van der Waals surface area contributed by atoms with Crippen molar-refractivity contribution in [2.75, 3.05) is 13.2 Å². The zero-order chi connectivity index (χ0) is 54.7. The first kappa shape index (κ1) is 67.6. The van der Waals surface area contributed by atoms with E-state index in [0.717, 1.165) is 103 Å². The van der Waals surface area contributed by atoms with Crippen molar-refractivity contribution in [2.45, 2.75) is 212 Å². The van der Waals surface area contributed by atoms with Gasteiger partial charge in [-0.2, -0.15) is 0 Å². The van der Waals surface area contributed by atoms with Crippen molar-refractivity contribution in [2.24, 2.45) is 0 Å². The number of ether oxygens (including phenoxy) is 5. The van der Waals surface area contributed by atoms with Crippen molar-refractivity contribution in [3.63, 3.8) is 0 Å². The maximum atomic E-state index is 13.1. The van der Waals surface area contributed by atoms with Gasteiger partial charge in [0.1, 0.15) is 18.8 Å². The normalized spacial score (nSPS) is 19.3. The van der Waals surface area contributed by atoms with E-state index in [1.54, 1.807) is 0 Å². The molecule has 3 N–H and O–H groups in total. The van der Waals surface area contributed by atoms with Crippen molar-refractivity contribution < 1.29 is 58.2 Å². The van der Waals surface area contributed by atoms with Crippen molar-refractivity contribution in [1.29, 1.82) is 0 Å². The minimum Gasteiger partial charge on any atom is -0.479 e. The van der Waals surface area contributed by atoms with Gasteiger partial charge in [0.15, 0.2) is 24.6 Å². The molecule has 0 aromatic carbocycles. The predicted octanol–water partition coefficient (Wildman–Crippen LogP) is 14.0. The maximum absolute atomic E-state index is 13.1. The second-order valence-electron chi connectivity index (χ2n) is 18.1. The number of carboxylic acid groups (broad SMARTS) is 1. The average molecular weight is 1040 g/mol. The predicted molar refractivity (Wildman–Crippen MR) is 302 cm³/mol. The summed E-state index contributed by atoms with van der Waals surface area (Å²) in [6.07, 6.45) is 58.6. The molecule has 1 fully saturated rings. The third-order valence-electron chi connectivity index (χ3n) is 11.4. The minimum absolute atomic E-state index is 0.0739. The highest BCUT2D eigenvalue weighted by molar-refractivity contribution is 5.74. The minimum atomic E-state index is -1.94. The van der Waals surface area contributed by atoms with Crippen LogP contribution < -0.4 is 0 Å². The molecule has 0 radical (unpaired) electrons. The molecule has 0 aliphatic carbocycles. The Morgan fingerprint density at radius 1 is 0.453 bits per heavy atom. The molecule has 1 saturated heterocycles. The van der Waals surface area contributed by atoms with Crippen LogP contribution in [0.5, 0.6) is 0 Å². The number of aliphatic hydroxyl groups excluding tert-OH is 2. The lowest BCUT2D eigenvalue weighted by Crippen LogP contribution is -2.61. The van der Waals surface area contributed by atoms with Crippen LogP contribution in [0.4, 0.5) is 0 Å². The van der Waals surface area contributed by atoms with E-state index in [2.05, 4.69) is 136 Å². The number of rotatable bonds is 44. The lowest BCUT2D eigenvalue weighted by Gasteiger charge is -2.40. The van der Waals surface area contributed by atoms with Crippen LogP contribution >= 0.6 is 0 Å². The fourth-order valence-corrected chi connectivity index (χ4v) is 7.21. The molecule has 0 amide bonds. The summed E-state index contributed by atoms with van der Waals surface area (Å²) in [4.78, 5) is 50.9. The molecule has 0 aromatic heterocycles. The van der Waals surface area contributed by atoms with Gasteiger partial charge in [-0.1, -0.05) is 192 Å². The van der Waals surface area contributed by atoms with Gasteiger partial charge in [0.2, 0.25) is 0 Å². The van der Waals surface area contributed by atoms with Gasteiger partial charge < -0.3 is 39.0 Å². The van der Waals surface area contributed by atoms with E-state index >= 15 is 0 Å². The third kappa shape index (κ3) is 39.7. The molecule has 75 heavy (non-hydrogen) atoms. The Morgan fingerprint density at radius 2 is 0.867 bits per heavy atom. The van der Waals surface area contributed by atoms with E-state index in [9.17, 15) is 34.5 Å². The number of esters is 3. The fourth-order valence-electron chi connectivity index (χ4n) is 7.21. The number of allylic oxidation sites excluding steroid dienone is 24. The quantitative estimate of drug-likeness (QED) is 0.0228. The Kier molecular flexibility index (Phi) is 44.6. The van der Waals surface area contributed by atoms with Gasteiger partial charge in [-0.05, 0) is 109 Å². The van der Waals surface area contributed by atoms with Crippen molar-refractivity contribution in [1.82, 2.24) is 0 Å². The Labute approximate surface area is 451 Å². The topological polar surface area (TPSA) is 175 Å². The van der Waals surface area contributed by atoms with Gasteiger partial charge >= 0.3 is 23.9 Å². The van der Waals surface area contributed by atoms with Crippen LogP contribution in [0.2, 0.25) is 0 Å². The summed E-state index contributed by atoms with van der Waals surface area (Å²) >= 11 is 0. The largest absolute Gasteiger partial charge is 0.479 e. The summed E-state index contributed by atoms with van der Waals surface area (Å²) in [7, 11) is 0. The zero-order valence-electron chi connectivity index (χ0n) is 45.7. The van der Waals surface area contributed by atoms with Gasteiger partial charge in [-0.3, -0.25) is 14.4 Å². The SMILES string of the molecule is CC/C=C\C/C=C\C/C=C\C/C=C\C/C=C\C/C=C\CCC(=O)OCC(COC1OC(C(=O)O)C(O)C(O)C1OC(=O)CC/C=C\C/C=C\C/C=C\C/C=C\CC)OC(=O)CCCCCCC/C=C\C/C=C\CCC. The fraction of sp³-hybridized carbons (Fsp3) is 0.556. The highest BCUT2D eigenvalue weighted by atomic mass is 16.7. The Bertz CT molecular complexity index is 1860. The van der Waals surface area contributed by atoms with Crippen molar-refractivity contribution in [3.05, 3.63) is 146 Å². The van der Waals surface area contributed by atoms with Crippen LogP contribution in [0, 0.1) is 0 Å². The van der Waals surface area contributed by atoms with Crippen LogP contribution in [-0.2, 0) is 42.9 Å². The van der Waals surface area contributed by atoms with Gasteiger partial charge in [-0.15, -0.1) is 0 Å². The van der Waals surface area contributed by atoms with E-state index < -0.39 is 67.3 Å². The second kappa shape index (κ2) is 49.5. The molecule has 1 rings (SSSR count). The smallest absolute Gasteiger partial charge is 0.335 e. The van der Waals surface area contributed by atoms with Crippen LogP contribution in [0.1, 0.15) is 175 Å². The van der Waals surface area contributed by atoms with Crippen LogP contribution in [0.25, 0.3) is 0 Å². The van der Waals surface area contributed by atoms with Crippen LogP contribution in [0.15, 0.2) is 146 Å². The molecule has 6 atom stereocenters. The van der Waals surface area contributed by atoms with Gasteiger partial charge in [-0.25, -0.2) is 4.79 Å². The molecule has 6 unspecified atom stereocenters. The summed E-state index contributed by atoms with van der Waals surface area (Å²) in [5.41, 5.74) is 0. The summed E-state index contributed by atoms with van der Waals surface area (Å²) in [5, 5.41) is 31.4. The molecule has 12 heteroatoms. The Morgan fingerprint density at radius 3 is 1.33 bits per heavy atom. The number of unbranched alkanes of at least 4 members (excludes halogenated alkanes) is 6. The van der Waals surface area contributed by atoms with E-state index in [-0.39, 0.29) is 25.9 Å². The van der Waals surface area contributed by atoms with Gasteiger partial charge in [0.25, 0.3) is 0 Å². The number of carbonyl (C=O) groups excluding carboxylic acids is 3.